The Morgan fingerprint density at radius 3 is 2.41 bits per heavy atom. The summed E-state index contributed by atoms with van der Waals surface area (Å²) < 4.78 is 0. The van der Waals surface area contributed by atoms with Gasteiger partial charge in [-0.3, -0.25) is 4.79 Å². The fourth-order valence-corrected chi connectivity index (χ4v) is 3.81. The molecule has 2 aliphatic heterocycles. The van der Waals surface area contributed by atoms with E-state index in [0.717, 1.165) is 43.6 Å². The van der Waals surface area contributed by atoms with Crippen LogP contribution in [-0.4, -0.2) is 42.1 Å². The molecule has 0 unspecified atom stereocenters. The van der Waals surface area contributed by atoms with Crippen molar-refractivity contribution in [3.63, 3.8) is 0 Å². The number of rotatable bonds is 4. The number of nitrogens with one attached hydrogen (secondary N) is 1. The summed E-state index contributed by atoms with van der Waals surface area (Å²) in [4.78, 5) is 25.6. The number of aromatic nitrogens is 2. The van der Waals surface area contributed by atoms with Gasteiger partial charge in [0.15, 0.2) is 0 Å². The van der Waals surface area contributed by atoms with Gasteiger partial charge < -0.3 is 15.1 Å². The Labute approximate surface area is 160 Å². The van der Waals surface area contributed by atoms with Gasteiger partial charge in [-0.15, -0.1) is 0 Å². The Balaban J connectivity index is 1.40. The molecule has 1 aromatic carbocycles. The van der Waals surface area contributed by atoms with E-state index in [4.69, 9.17) is 0 Å². The van der Waals surface area contributed by atoms with Crippen LogP contribution in [0.5, 0.6) is 0 Å². The van der Waals surface area contributed by atoms with E-state index in [1.807, 2.05) is 12.1 Å². The van der Waals surface area contributed by atoms with E-state index >= 15 is 0 Å². The molecule has 4 rings (SSSR count). The third kappa shape index (κ3) is 4.21. The Kier molecular flexibility index (Phi) is 5.23. The van der Waals surface area contributed by atoms with Crippen LogP contribution in [0.2, 0.25) is 0 Å². The SMILES string of the molecule is CC1CCN(c2ccc(NC(=O)c3cc(N4CCCC4)ncn3)cc2)CC1. The highest BCUT2D eigenvalue weighted by atomic mass is 16.1. The molecule has 2 aliphatic rings. The smallest absolute Gasteiger partial charge is 0.274 e. The summed E-state index contributed by atoms with van der Waals surface area (Å²) >= 11 is 0. The van der Waals surface area contributed by atoms with E-state index in [9.17, 15) is 4.79 Å². The standard InChI is InChI=1S/C21H27N5O/c1-16-8-12-25(13-9-16)18-6-4-17(5-7-18)24-21(27)19-14-20(23-15-22-19)26-10-2-3-11-26/h4-7,14-16H,2-3,8-13H2,1H3,(H,24,27). The van der Waals surface area contributed by atoms with Crippen LogP contribution in [0.25, 0.3) is 0 Å². The maximum absolute atomic E-state index is 12.6. The summed E-state index contributed by atoms with van der Waals surface area (Å²) in [5, 5.41) is 2.95. The van der Waals surface area contributed by atoms with Crippen molar-refractivity contribution in [3.8, 4) is 0 Å². The lowest BCUT2D eigenvalue weighted by atomic mass is 9.99. The lowest BCUT2D eigenvalue weighted by Gasteiger charge is -2.32. The van der Waals surface area contributed by atoms with E-state index in [2.05, 4.69) is 44.1 Å². The maximum Gasteiger partial charge on any atom is 0.274 e. The highest BCUT2D eigenvalue weighted by molar-refractivity contribution is 6.03. The van der Waals surface area contributed by atoms with Gasteiger partial charge in [0.2, 0.25) is 0 Å². The number of hydrogen-bond acceptors (Lipinski definition) is 5. The van der Waals surface area contributed by atoms with Crippen molar-refractivity contribution < 1.29 is 4.79 Å². The first-order valence-electron chi connectivity index (χ1n) is 9.92. The van der Waals surface area contributed by atoms with Crippen molar-refractivity contribution in [2.45, 2.75) is 32.6 Å². The summed E-state index contributed by atoms with van der Waals surface area (Å²) in [7, 11) is 0. The van der Waals surface area contributed by atoms with Crippen LogP contribution in [0.15, 0.2) is 36.7 Å². The largest absolute Gasteiger partial charge is 0.372 e. The number of hydrogen-bond donors (Lipinski definition) is 1. The monoisotopic (exact) mass is 365 g/mol. The minimum atomic E-state index is -0.197. The fourth-order valence-electron chi connectivity index (χ4n) is 3.81. The van der Waals surface area contributed by atoms with Crippen LogP contribution < -0.4 is 15.1 Å². The molecule has 0 aliphatic carbocycles. The Hall–Kier alpha value is -2.63. The summed E-state index contributed by atoms with van der Waals surface area (Å²) in [6.07, 6.45) is 6.31. The molecule has 0 bridgehead atoms. The van der Waals surface area contributed by atoms with E-state index < -0.39 is 0 Å². The van der Waals surface area contributed by atoms with Crippen molar-refractivity contribution in [2.75, 3.05) is 41.3 Å². The molecule has 6 nitrogen and oxygen atoms in total. The quantitative estimate of drug-likeness (QED) is 0.898. The summed E-state index contributed by atoms with van der Waals surface area (Å²) in [5.74, 6) is 1.46. The first-order valence-corrected chi connectivity index (χ1v) is 9.92. The van der Waals surface area contributed by atoms with Crippen molar-refractivity contribution >= 4 is 23.1 Å². The van der Waals surface area contributed by atoms with E-state index in [-0.39, 0.29) is 5.91 Å². The number of piperidine rings is 1. The van der Waals surface area contributed by atoms with Crippen molar-refractivity contribution in [1.29, 1.82) is 0 Å². The second kappa shape index (κ2) is 7.94. The summed E-state index contributed by atoms with van der Waals surface area (Å²) in [6.45, 7) is 6.52. The Bertz CT molecular complexity index is 777. The molecule has 2 aromatic rings. The predicted molar refractivity (Wildman–Crippen MR) is 108 cm³/mol. The third-order valence-electron chi connectivity index (χ3n) is 5.59. The highest BCUT2D eigenvalue weighted by Crippen LogP contribution is 2.24. The molecule has 142 valence electrons. The number of nitrogens with zero attached hydrogens (tertiary/aromatic N) is 4. The zero-order valence-electron chi connectivity index (χ0n) is 15.9. The van der Waals surface area contributed by atoms with E-state index in [1.165, 1.54) is 37.7 Å². The third-order valence-corrected chi connectivity index (χ3v) is 5.59. The molecule has 1 aromatic heterocycles. The zero-order valence-corrected chi connectivity index (χ0v) is 15.9. The first kappa shape index (κ1) is 17.8. The van der Waals surface area contributed by atoms with Crippen molar-refractivity contribution in [2.24, 2.45) is 5.92 Å². The lowest BCUT2D eigenvalue weighted by Crippen LogP contribution is -2.32. The van der Waals surface area contributed by atoms with E-state index in [1.54, 1.807) is 6.07 Å². The molecule has 0 atom stereocenters. The minimum Gasteiger partial charge on any atom is -0.372 e. The number of anilines is 3. The average molecular weight is 365 g/mol. The molecule has 0 radical (unpaired) electrons. The molecule has 27 heavy (non-hydrogen) atoms. The van der Waals surface area contributed by atoms with Crippen molar-refractivity contribution in [3.05, 3.63) is 42.4 Å². The van der Waals surface area contributed by atoms with Gasteiger partial charge in [-0.1, -0.05) is 6.92 Å². The minimum absolute atomic E-state index is 0.197. The second-order valence-electron chi connectivity index (χ2n) is 7.63. The van der Waals surface area contributed by atoms with Gasteiger partial charge >= 0.3 is 0 Å². The number of amides is 1. The van der Waals surface area contributed by atoms with Crippen LogP contribution >= 0.6 is 0 Å². The molecule has 3 heterocycles. The lowest BCUT2D eigenvalue weighted by molar-refractivity contribution is 0.102. The van der Waals surface area contributed by atoms with Gasteiger partial charge in [-0.05, 0) is 55.9 Å². The van der Waals surface area contributed by atoms with Crippen LogP contribution in [0, 0.1) is 5.92 Å². The maximum atomic E-state index is 12.6. The molecular formula is C21H27N5O. The first-order chi connectivity index (χ1) is 13.2. The number of carbonyl (C=O) groups is 1. The van der Waals surface area contributed by atoms with Crippen molar-refractivity contribution in [1.82, 2.24) is 9.97 Å². The van der Waals surface area contributed by atoms with E-state index in [0.29, 0.717) is 5.69 Å². The summed E-state index contributed by atoms with van der Waals surface area (Å²) in [6, 6.07) is 9.88. The van der Waals surface area contributed by atoms with Gasteiger partial charge in [-0.25, -0.2) is 9.97 Å². The van der Waals surface area contributed by atoms with Gasteiger partial charge in [-0.2, -0.15) is 0 Å². The zero-order chi connectivity index (χ0) is 18.6. The Morgan fingerprint density at radius 1 is 1.00 bits per heavy atom. The highest BCUT2D eigenvalue weighted by Gasteiger charge is 2.18. The molecule has 6 heteroatoms. The Morgan fingerprint density at radius 2 is 1.70 bits per heavy atom. The normalized spacial score (nSPS) is 18.0. The molecule has 2 fully saturated rings. The van der Waals surface area contributed by atoms with Crippen LogP contribution in [0.4, 0.5) is 17.2 Å². The average Bonchev–Trinajstić information content (AvgIpc) is 3.24. The van der Waals surface area contributed by atoms with Gasteiger partial charge in [0, 0.05) is 43.6 Å². The van der Waals surface area contributed by atoms with Crippen LogP contribution in [0.3, 0.4) is 0 Å². The fraction of sp³-hybridized carbons (Fsp3) is 0.476. The molecule has 0 saturated carbocycles. The van der Waals surface area contributed by atoms with Gasteiger partial charge in [0.25, 0.3) is 5.91 Å². The van der Waals surface area contributed by atoms with Crippen LogP contribution in [-0.2, 0) is 0 Å². The topological polar surface area (TPSA) is 61.4 Å². The predicted octanol–water partition coefficient (Wildman–Crippen LogP) is 3.57. The summed E-state index contributed by atoms with van der Waals surface area (Å²) in [5.41, 5.74) is 2.41. The molecular weight excluding hydrogens is 338 g/mol. The molecule has 1 amide bonds. The second-order valence-corrected chi connectivity index (χ2v) is 7.63. The molecule has 0 spiro atoms. The van der Waals surface area contributed by atoms with Gasteiger partial charge in [0.05, 0.1) is 0 Å². The molecule has 1 N–H and O–H groups in total. The number of carbonyl (C=O) groups excluding carboxylic acids is 1. The number of benzene rings is 1. The van der Waals surface area contributed by atoms with Crippen LogP contribution in [0.1, 0.15) is 43.1 Å². The van der Waals surface area contributed by atoms with Gasteiger partial charge in [0.1, 0.15) is 17.8 Å². The molecule has 2 saturated heterocycles.